The predicted molar refractivity (Wildman–Crippen MR) is 88.8 cm³/mol. The van der Waals surface area contributed by atoms with Crippen molar-refractivity contribution in [2.24, 2.45) is 0 Å². The fourth-order valence-electron chi connectivity index (χ4n) is 1.98. The van der Waals surface area contributed by atoms with Crippen LogP contribution in [0.3, 0.4) is 0 Å². The van der Waals surface area contributed by atoms with E-state index in [1.165, 1.54) is 22.9 Å². The van der Waals surface area contributed by atoms with Gasteiger partial charge in [0.15, 0.2) is 0 Å². The Morgan fingerprint density at radius 2 is 2.10 bits per heavy atom. The van der Waals surface area contributed by atoms with Crippen molar-refractivity contribution in [1.82, 2.24) is 14.3 Å². The van der Waals surface area contributed by atoms with Crippen LogP contribution in [0.15, 0.2) is 0 Å². The van der Waals surface area contributed by atoms with Gasteiger partial charge in [-0.2, -0.15) is 36.2 Å². The number of hydrogen-bond acceptors (Lipinski definition) is 5. The second kappa shape index (κ2) is 8.24. The van der Waals surface area contributed by atoms with Gasteiger partial charge >= 0.3 is 0 Å². The van der Waals surface area contributed by atoms with Gasteiger partial charge in [0.25, 0.3) is 10.2 Å². The number of hydrogen-bond donors (Lipinski definition) is 2. The van der Waals surface area contributed by atoms with E-state index in [9.17, 15) is 8.42 Å². The average molecular weight is 340 g/mol. The van der Waals surface area contributed by atoms with Gasteiger partial charge in [-0.3, -0.25) is 0 Å². The summed E-state index contributed by atoms with van der Waals surface area (Å²) in [5.74, 6) is 3.35. The van der Waals surface area contributed by atoms with Crippen LogP contribution < -0.4 is 10.0 Å². The Labute approximate surface area is 131 Å². The van der Waals surface area contributed by atoms with E-state index in [4.69, 9.17) is 0 Å². The van der Waals surface area contributed by atoms with Crippen LogP contribution in [0.5, 0.6) is 0 Å². The number of nitrogens with zero attached hydrogens (tertiary/aromatic N) is 1. The molecule has 1 saturated heterocycles. The third kappa shape index (κ3) is 6.11. The van der Waals surface area contributed by atoms with E-state index < -0.39 is 10.2 Å². The first-order valence-corrected chi connectivity index (χ1v) is 10.9. The zero-order chi connectivity index (χ0) is 14.4. The average Bonchev–Trinajstić information content (AvgIpc) is 3.26. The smallest absolute Gasteiger partial charge is 0.279 e. The molecule has 0 amide bonds. The van der Waals surface area contributed by atoms with Crippen molar-refractivity contribution in [2.75, 3.05) is 43.9 Å². The van der Waals surface area contributed by atoms with Crippen LogP contribution in [0.1, 0.15) is 19.3 Å². The fraction of sp³-hybridized carbons (Fsp3) is 1.00. The molecule has 2 N–H and O–H groups in total. The van der Waals surface area contributed by atoms with Gasteiger partial charge in [-0.1, -0.05) is 0 Å². The molecule has 0 spiro atoms. The highest BCUT2D eigenvalue weighted by Gasteiger charge is 2.22. The van der Waals surface area contributed by atoms with Crippen LogP contribution in [-0.2, 0) is 10.2 Å². The third-order valence-corrected chi connectivity index (χ3v) is 7.83. The van der Waals surface area contributed by atoms with E-state index in [-0.39, 0.29) is 0 Å². The second-order valence-corrected chi connectivity index (χ2v) is 9.74. The Morgan fingerprint density at radius 3 is 2.75 bits per heavy atom. The summed E-state index contributed by atoms with van der Waals surface area (Å²) in [7, 11) is -1.66. The maximum absolute atomic E-state index is 12.1. The van der Waals surface area contributed by atoms with Crippen LogP contribution in [0, 0.1) is 0 Å². The largest absolute Gasteiger partial charge is 0.314 e. The first-order valence-electron chi connectivity index (χ1n) is 7.21. The molecule has 0 aromatic carbocycles. The Balaban J connectivity index is 1.62. The zero-order valence-electron chi connectivity index (χ0n) is 12.0. The highest BCUT2D eigenvalue weighted by atomic mass is 32.2. The molecule has 8 heteroatoms. The molecule has 5 nitrogen and oxygen atoms in total. The van der Waals surface area contributed by atoms with Crippen LogP contribution >= 0.6 is 23.5 Å². The summed E-state index contributed by atoms with van der Waals surface area (Å²) in [6, 6.07) is 0.691. The zero-order valence-corrected chi connectivity index (χ0v) is 14.5. The van der Waals surface area contributed by atoms with Crippen molar-refractivity contribution in [3.63, 3.8) is 0 Å². The summed E-state index contributed by atoms with van der Waals surface area (Å²) in [6.45, 7) is 2.02. The summed E-state index contributed by atoms with van der Waals surface area (Å²) in [4.78, 5) is 0. The fourth-order valence-corrected chi connectivity index (χ4v) is 5.70. The molecule has 1 unspecified atom stereocenters. The molecule has 1 aliphatic carbocycles. The molecule has 0 radical (unpaired) electrons. The Hall–Kier alpha value is 0.530. The minimum Gasteiger partial charge on any atom is -0.314 e. The van der Waals surface area contributed by atoms with E-state index in [2.05, 4.69) is 10.0 Å². The number of nitrogens with one attached hydrogen (secondary N) is 2. The molecule has 1 heterocycles. The van der Waals surface area contributed by atoms with Crippen molar-refractivity contribution in [1.29, 1.82) is 0 Å². The van der Waals surface area contributed by atoms with Crippen LogP contribution in [-0.4, -0.2) is 68.0 Å². The monoisotopic (exact) mass is 339 g/mol. The number of thioether (sulfide) groups is 2. The highest BCUT2D eigenvalue weighted by Crippen LogP contribution is 2.23. The van der Waals surface area contributed by atoms with Gasteiger partial charge in [-0.25, -0.2) is 4.72 Å². The quantitative estimate of drug-likeness (QED) is 0.607. The van der Waals surface area contributed by atoms with Gasteiger partial charge < -0.3 is 5.32 Å². The van der Waals surface area contributed by atoms with E-state index >= 15 is 0 Å². The molecule has 1 atom stereocenters. The van der Waals surface area contributed by atoms with Crippen molar-refractivity contribution in [3.05, 3.63) is 0 Å². The summed E-state index contributed by atoms with van der Waals surface area (Å²) in [6.07, 6.45) is 3.40. The molecule has 1 saturated carbocycles. The lowest BCUT2D eigenvalue weighted by Gasteiger charge is -2.23. The van der Waals surface area contributed by atoms with E-state index in [1.54, 1.807) is 7.05 Å². The Kier molecular flexibility index (Phi) is 6.96. The molecular formula is C12H25N3O2S3. The van der Waals surface area contributed by atoms with E-state index in [1.807, 2.05) is 23.5 Å². The van der Waals surface area contributed by atoms with Gasteiger partial charge in [-0.15, -0.1) is 0 Å². The molecule has 2 fully saturated rings. The van der Waals surface area contributed by atoms with Gasteiger partial charge in [-0.05, 0) is 25.8 Å². The Bertz CT molecular complexity index is 381. The molecule has 118 valence electrons. The van der Waals surface area contributed by atoms with E-state index in [0.717, 1.165) is 24.5 Å². The lowest BCUT2D eigenvalue weighted by molar-refractivity contribution is 0.444. The normalized spacial score (nSPS) is 24.2. The SMILES string of the molecule is CN(CCCNC1CC1)S(=O)(=O)NCC1CSCCS1. The standard InChI is InChI=1S/C12H25N3O2S3/c1-15(6-2-5-13-11-3-4-11)20(16,17)14-9-12-10-18-7-8-19-12/h11-14H,2-10H2,1H3. The Morgan fingerprint density at radius 1 is 1.30 bits per heavy atom. The summed E-state index contributed by atoms with van der Waals surface area (Å²) in [5.41, 5.74) is 0. The molecule has 0 aromatic heterocycles. The first-order chi connectivity index (χ1) is 9.58. The molecule has 1 aliphatic heterocycles. The van der Waals surface area contributed by atoms with Gasteiger partial charge in [0.05, 0.1) is 0 Å². The second-order valence-electron chi connectivity index (χ2n) is 5.32. The predicted octanol–water partition coefficient (Wildman–Crippen LogP) is 0.743. The van der Waals surface area contributed by atoms with Gasteiger partial charge in [0.2, 0.25) is 0 Å². The highest BCUT2D eigenvalue weighted by molar-refractivity contribution is 8.06. The maximum atomic E-state index is 12.1. The van der Waals surface area contributed by atoms with Crippen molar-refractivity contribution >= 4 is 33.7 Å². The van der Waals surface area contributed by atoms with E-state index in [0.29, 0.717) is 24.4 Å². The van der Waals surface area contributed by atoms with Crippen molar-refractivity contribution < 1.29 is 8.42 Å². The summed E-state index contributed by atoms with van der Waals surface area (Å²) in [5, 5.41) is 3.81. The minimum absolute atomic E-state index is 0.411. The molecule has 20 heavy (non-hydrogen) atoms. The molecular weight excluding hydrogens is 314 g/mol. The molecule has 2 aliphatic rings. The van der Waals surface area contributed by atoms with Gasteiger partial charge in [0.1, 0.15) is 0 Å². The van der Waals surface area contributed by atoms with Gasteiger partial charge in [0, 0.05) is 48.7 Å². The maximum Gasteiger partial charge on any atom is 0.279 e. The van der Waals surface area contributed by atoms with Crippen molar-refractivity contribution in [3.8, 4) is 0 Å². The lowest BCUT2D eigenvalue weighted by Crippen LogP contribution is -2.42. The lowest BCUT2D eigenvalue weighted by atomic mass is 10.4. The van der Waals surface area contributed by atoms with Crippen molar-refractivity contribution in [2.45, 2.75) is 30.6 Å². The first kappa shape index (κ1) is 16.9. The van der Waals surface area contributed by atoms with Crippen LogP contribution in [0.2, 0.25) is 0 Å². The topological polar surface area (TPSA) is 61.4 Å². The molecule has 2 rings (SSSR count). The van der Waals surface area contributed by atoms with Crippen LogP contribution in [0.25, 0.3) is 0 Å². The van der Waals surface area contributed by atoms with Crippen LogP contribution in [0.4, 0.5) is 0 Å². The third-order valence-electron chi connectivity index (χ3n) is 3.45. The molecule has 0 aromatic rings. The summed E-state index contributed by atoms with van der Waals surface area (Å²) < 4.78 is 28.4. The molecule has 0 bridgehead atoms. The summed E-state index contributed by atoms with van der Waals surface area (Å²) >= 11 is 3.78. The minimum atomic E-state index is -3.31. The number of rotatable bonds is 9.